The molecule has 11 heteroatoms. The van der Waals surface area contributed by atoms with Gasteiger partial charge in [0.05, 0.1) is 25.9 Å². The van der Waals surface area contributed by atoms with Gasteiger partial charge >= 0.3 is 0 Å². The predicted octanol–water partition coefficient (Wildman–Crippen LogP) is 9.65. The molecule has 1 aliphatic heterocycles. The maximum absolute atomic E-state index is 15.5. The molecular weight excluding hydrogens is 713 g/mol. The van der Waals surface area contributed by atoms with Crippen molar-refractivity contribution in [2.45, 2.75) is 142 Å². The van der Waals surface area contributed by atoms with Crippen LogP contribution >= 0.6 is 0 Å². The number of aromatic nitrogens is 1. The standard InChI is InChI=1S/C44H66N2O8Si/c1-11-13-22-51-38-28(18-17-21-46-19-15-16-20-46)26-32(50-8)30-24-29-25-31-33(27(3)4)39-36(42(45-53-39)52-23-14-12-2)41(49)44(31,54-55(9,10)43(5,6)7)40(48)34(29)37(47)35(30)38/h26-27,29,31,33,48H,11-25H2,1-10H3/t29-,31-,33-,44-/m0/s1. The lowest BCUT2D eigenvalue weighted by molar-refractivity contribution is -0.0336. The molecule has 0 amide bonds. The second-order valence-corrected chi connectivity index (χ2v) is 23.0. The molecule has 1 aromatic heterocycles. The van der Waals surface area contributed by atoms with Crippen molar-refractivity contribution in [1.29, 1.82) is 0 Å². The molecule has 55 heavy (non-hydrogen) atoms. The summed E-state index contributed by atoms with van der Waals surface area (Å²) in [6, 6.07) is 2.07. The number of ketones is 2. The molecule has 304 valence electrons. The van der Waals surface area contributed by atoms with Crippen LogP contribution in [0.2, 0.25) is 18.1 Å². The monoisotopic (exact) mass is 778 g/mol. The van der Waals surface area contributed by atoms with E-state index < -0.39 is 25.6 Å². The average molecular weight is 779 g/mol. The molecular formula is C44H66N2O8Si. The number of ether oxygens (including phenoxy) is 3. The Bertz CT molecular complexity index is 1770. The minimum absolute atomic E-state index is 0.00664. The number of allylic oxidation sites excluding steroid dienone is 1. The first kappa shape index (κ1) is 41.5. The van der Waals surface area contributed by atoms with Gasteiger partial charge in [-0.25, -0.2) is 0 Å². The highest BCUT2D eigenvalue weighted by molar-refractivity contribution is 6.74. The van der Waals surface area contributed by atoms with Crippen molar-refractivity contribution in [3.8, 4) is 17.4 Å². The average Bonchev–Trinajstić information content (AvgIpc) is 3.80. The molecule has 10 nitrogen and oxygen atoms in total. The minimum atomic E-state index is -2.81. The van der Waals surface area contributed by atoms with Crippen molar-refractivity contribution < 1.29 is 37.9 Å². The topological polar surface area (TPSA) is 121 Å². The van der Waals surface area contributed by atoms with Gasteiger partial charge in [0.2, 0.25) is 5.78 Å². The van der Waals surface area contributed by atoms with Crippen LogP contribution in [-0.4, -0.2) is 80.6 Å². The van der Waals surface area contributed by atoms with Crippen LogP contribution in [0.25, 0.3) is 0 Å². The molecule has 1 aromatic carbocycles. The number of aliphatic hydroxyl groups excluding tert-OH is 1. The number of hydrogen-bond donors (Lipinski definition) is 1. The van der Waals surface area contributed by atoms with Crippen molar-refractivity contribution in [2.75, 3.05) is 40.0 Å². The number of fused-ring (bicyclic) bond motifs is 4. The number of methoxy groups -OCH3 is 1. The highest BCUT2D eigenvalue weighted by atomic mass is 28.4. The summed E-state index contributed by atoms with van der Waals surface area (Å²) in [7, 11) is -1.15. The number of likely N-dealkylation sites (tertiary alicyclic amines) is 1. The number of carbonyl (C=O) groups excluding carboxylic acids is 2. The Hall–Kier alpha value is -3.15. The molecule has 2 heterocycles. The van der Waals surface area contributed by atoms with E-state index in [1.54, 1.807) is 7.11 Å². The molecule has 3 aliphatic carbocycles. The summed E-state index contributed by atoms with van der Waals surface area (Å²) in [5.74, 6) is -0.383. The fraction of sp³-hybridized carbons (Fsp3) is 0.705. The summed E-state index contributed by atoms with van der Waals surface area (Å²) in [5.41, 5.74) is 0.849. The van der Waals surface area contributed by atoms with Gasteiger partial charge in [0.25, 0.3) is 5.88 Å². The fourth-order valence-corrected chi connectivity index (χ4v) is 10.7. The SMILES string of the molecule is CCCCOc1noc2c1C(=O)[C@@]1(O[Si](C)(C)C(C)(C)C)C(O)=C3C(=O)c4c(c(OC)cc(CCCN5CCCC5)c4OCCCC)C[C@H]3C[C@H]1[C@@H]2C(C)C. The van der Waals surface area contributed by atoms with Gasteiger partial charge in [0.1, 0.15) is 22.8 Å². The number of unbranched alkanes of at least 4 members (excludes halogenated alkanes) is 2. The van der Waals surface area contributed by atoms with Crippen LogP contribution < -0.4 is 14.2 Å². The van der Waals surface area contributed by atoms with Gasteiger partial charge in [-0.1, -0.05) is 61.3 Å². The molecule has 2 aromatic rings. The van der Waals surface area contributed by atoms with Crippen LogP contribution in [0.3, 0.4) is 0 Å². The molecule has 0 bridgehead atoms. The van der Waals surface area contributed by atoms with E-state index in [9.17, 15) is 5.11 Å². The zero-order valence-corrected chi connectivity index (χ0v) is 36.2. The van der Waals surface area contributed by atoms with Gasteiger partial charge in [0.15, 0.2) is 25.5 Å². The van der Waals surface area contributed by atoms with E-state index in [4.69, 9.17) is 23.2 Å². The number of rotatable bonds is 16. The van der Waals surface area contributed by atoms with Crippen molar-refractivity contribution >= 4 is 19.9 Å². The first-order chi connectivity index (χ1) is 26.1. The van der Waals surface area contributed by atoms with Crippen LogP contribution in [0, 0.1) is 17.8 Å². The number of benzene rings is 1. The van der Waals surface area contributed by atoms with E-state index in [0.29, 0.717) is 48.9 Å². The Balaban J connectivity index is 1.55. The number of aliphatic hydroxyl groups is 1. The quantitative estimate of drug-likeness (QED) is 0.130. The maximum Gasteiger partial charge on any atom is 0.265 e. The first-order valence-corrected chi connectivity index (χ1v) is 24.0. The van der Waals surface area contributed by atoms with Crippen LogP contribution in [0.5, 0.6) is 17.4 Å². The highest BCUT2D eigenvalue weighted by Gasteiger charge is 2.67. The van der Waals surface area contributed by atoms with Crippen LogP contribution in [0.4, 0.5) is 0 Å². The van der Waals surface area contributed by atoms with Gasteiger partial charge in [-0.15, -0.1) is 0 Å². The lowest BCUT2D eigenvalue weighted by Crippen LogP contribution is -2.64. The molecule has 1 N–H and O–H groups in total. The molecule has 1 fully saturated rings. The van der Waals surface area contributed by atoms with E-state index in [1.807, 2.05) is 0 Å². The van der Waals surface area contributed by atoms with Gasteiger partial charge in [-0.05, 0) is 118 Å². The van der Waals surface area contributed by atoms with Crippen LogP contribution in [0.15, 0.2) is 21.9 Å². The summed E-state index contributed by atoms with van der Waals surface area (Å²) < 4.78 is 32.1. The molecule has 0 radical (unpaired) electrons. The van der Waals surface area contributed by atoms with Gasteiger partial charge in [-0.2, -0.15) is 0 Å². The summed E-state index contributed by atoms with van der Waals surface area (Å²) in [5, 5.41) is 17.1. The van der Waals surface area contributed by atoms with E-state index >= 15 is 9.59 Å². The molecule has 0 unspecified atom stereocenters. The molecule has 6 rings (SSSR count). The third-order valence-corrected chi connectivity index (χ3v) is 17.6. The smallest absolute Gasteiger partial charge is 0.265 e. The number of nitrogens with zero attached hydrogens (tertiary/aromatic N) is 2. The maximum atomic E-state index is 15.5. The summed E-state index contributed by atoms with van der Waals surface area (Å²) in [6.45, 7) is 23.0. The normalized spacial score (nSPS) is 24.2. The van der Waals surface area contributed by atoms with Crippen LogP contribution in [-0.2, 0) is 17.3 Å². The second kappa shape index (κ2) is 16.4. The highest BCUT2D eigenvalue weighted by Crippen LogP contribution is 2.61. The minimum Gasteiger partial charge on any atom is -0.508 e. The number of aryl methyl sites for hydroxylation is 1. The molecule has 0 saturated carbocycles. The largest absolute Gasteiger partial charge is 0.508 e. The summed E-state index contributed by atoms with van der Waals surface area (Å²) in [4.78, 5) is 33.4. The van der Waals surface area contributed by atoms with Crippen molar-refractivity contribution in [2.24, 2.45) is 17.8 Å². The number of Topliss-reactive ketones (excluding diaryl/α,β-unsaturated/α-hetero) is 2. The lowest BCUT2D eigenvalue weighted by Gasteiger charge is -2.55. The van der Waals surface area contributed by atoms with Crippen molar-refractivity contribution in [3.05, 3.63) is 45.4 Å². The molecule has 4 aliphatic rings. The molecule has 1 saturated heterocycles. The van der Waals surface area contributed by atoms with Gasteiger partial charge < -0.3 is 33.2 Å². The van der Waals surface area contributed by atoms with Gasteiger partial charge in [0, 0.05) is 23.0 Å². The Morgan fingerprint density at radius 2 is 1.71 bits per heavy atom. The summed E-state index contributed by atoms with van der Waals surface area (Å²) in [6.07, 6.45) is 8.53. The zero-order valence-electron chi connectivity index (χ0n) is 35.2. The van der Waals surface area contributed by atoms with E-state index in [1.165, 1.54) is 12.8 Å². The zero-order chi connectivity index (χ0) is 39.9. The predicted molar refractivity (Wildman–Crippen MR) is 217 cm³/mol. The molecule has 0 spiro atoms. The Labute approximate surface area is 329 Å². The lowest BCUT2D eigenvalue weighted by atomic mass is 9.55. The van der Waals surface area contributed by atoms with Gasteiger partial charge in [-0.3, -0.25) is 9.59 Å². The second-order valence-electron chi connectivity index (χ2n) is 18.2. The fourth-order valence-electron chi connectivity index (χ4n) is 9.22. The Kier molecular flexibility index (Phi) is 12.3. The van der Waals surface area contributed by atoms with E-state index in [0.717, 1.165) is 69.3 Å². The van der Waals surface area contributed by atoms with E-state index in [-0.39, 0.29) is 51.4 Å². The van der Waals surface area contributed by atoms with Crippen molar-refractivity contribution in [3.63, 3.8) is 0 Å². The number of hydrogen-bond acceptors (Lipinski definition) is 10. The first-order valence-electron chi connectivity index (χ1n) is 21.1. The summed E-state index contributed by atoms with van der Waals surface area (Å²) >= 11 is 0. The third kappa shape index (κ3) is 7.42. The Morgan fingerprint density at radius 1 is 1.04 bits per heavy atom. The Morgan fingerprint density at radius 3 is 2.33 bits per heavy atom. The number of carbonyl (C=O) groups is 2. The van der Waals surface area contributed by atoms with E-state index in [2.05, 4.69) is 77.7 Å². The van der Waals surface area contributed by atoms with Crippen molar-refractivity contribution in [1.82, 2.24) is 10.1 Å². The molecule has 4 atom stereocenters. The third-order valence-electron chi connectivity index (χ3n) is 13.2. The van der Waals surface area contributed by atoms with Crippen LogP contribution in [0.1, 0.15) is 143 Å².